The number of pyridine rings is 1. The number of aromatic amines is 1. The Bertz CT molecular complexity index is 1390. The second-order valence-electron chi connectivity index (χ2n) is 10.6. The summed E-state index contributed by atoms with van der Waals surface area (Å²) in [6.07, 6.45) is 7.97. The lowest BCUT2D eigenvalue weighted by molar-refractivity contribution is 0.0812. The van der Waals surface area contributed by atoms with Gasteiger partial charge in [0.1, 0.15) is 0 Å². The van der Waals surface area contributed by atoms with Gasteiger partial charge in [0.2, 0.25) is 0 Å². The zero-order chi connectivity index (χ0) is 25.8. The number of fused-ring (bicyclic) bond motifs is 1. The molecule has 2 heterocycles. The van der Waals surface area contributed by atoms with E-state index >= 15 is 0 Å². The molecule has 0 radical (unpaired) electrons. The van der Waals surface area contributed by atoms with Crippen LogP contribution >= 0.6 is 0 Å². The van der Waals surface area contributed by atoms with Gasteiger partial charge in [-0.2, -0.15) is 0 Å². The number of aryl methyl sites for hydroxylation is 2. The van der Waals surface area contributed by atoms with Gasteiger partial charge < -0.3 is 4.98 Å². The maximum absolute atomic E-state index is 13.3. The molecule has 7 nitrogen and oxygen atoms in total. The monoisotopic (exact) mass is 498 g/mol. The smallest absolute Gasteiger partial charge is 0.252 e. The topological polar surface area (TPSA) is 79.7 Å². The molecule has 1 unspecified atom stereocenters. The lowest BCUT2D eigenvalue weighted by Gasteiger charge is -2.39. The maximum Gasteiger partial charge on any atom is 0.252 e. The van der Waals surface area contributed by atoms with Gasteiger partial charge in [-0.15, -0.1) is 5.10 Å². The number of H-pyrrole nitrogens is 1. The molecule has 194 valence electrons. The van der Waals surface area contributed by atoms with E-state index in [1.54, 1.807) is 0 Å². The third-order valence-corrected chi connectivity index (χ3v) is 7.78. The lowest BCUT2D eigenvalue weighted by atomic mass is 9.91. The summed E-state index contributed by atoms with van der Waals surface area (Å²) in [6, 6.07) is 17.1. The summed E-state index contributed by atoms with van der Waals surface area (Å²) in [6.45, 7) is 7.63. The first-order valence-electron chi connectivity index (χ1n) is 13.7. The third kappa shape index (κ3) is 5.67. The molecule has 5 rings (SSSR count). The first-order chi connectivity index (χ1) is 18.0. The highest BCUT2D eigenvalue weighted by atomic mass is 16.1. The Morgan fingerprint density at radius 2 is 1.86 bits per heavy atom. The molecule has 0 amide bonds. The highest BCUT2D eigenvalue weighted by molar-refractivity contribution is 5.83. The van der Waals surface area contributed by atoms with Crippen LogP contribution in [0.1, 0.15) is 86.0 Å². The Hall–Kier alpha value is -3.32. The van der Waals surface area contributed by atoms with E-state index in [2.05, 4.69) is 76.5 Å². The summed E-state index contributed by atoms with van der Waals surface area (Å²) in [5, 5.41) is 14.2. The molecule has 1 saturated carbocycles. The van der Waals surface area contributed by atoms with E-state index in [1.807, 2.05) is 22.9 Å². The van der Waals surface area contributed by atoms with Gasteiger partial charge in [-0.25, -0.2) is 4.68 Å². The Morgan fingerprint density at radius 3 is 2.62 bits per heavy atom. The Morgan fingerprint density at radius 1 is 1.08 bits per heavy atom. The number of hydrogen-bond acceptors (Lipinski definition) is 5. The predicted molar refractivity (Wildman–Crippen MR) is 147 cm³/mol. The van der Waals surface area contributed by atoms with E-state index in [9.17, 15) is 4.79 Å². The number of benzene rings is 2. The van der Waals surface area contributed by atoms with Crippen molar-refractivity contribution in [1.29, 1.82) is 0 Å². The van der Waals surface area contributed by atoms with Crippen molar-refractivity contribution in [2.24, 2.45) is 0 Å². The number of tetrazole rings is 1. The first-order valence-corrected chi connectivity index (χ1v) is 13.7. The number of hydrogen-bond donors (Lipinski definition) is 1. The molecule has 1 fully saturated rings. The van der Waals surface area contributed by atoms with Gasteiger partial charge in [-0.3, -0.25) is 9.69 Å². The first kappa shape index (κ1) is 25.3. The molecule has 7 heteroatoms. The zero-order valence-corrected chi connectivity index (χ0v) is 22.3. The molecule has 37 heavy (non-hydrogen) atoms. The van der Waals surface area contributed by atoms with Crippen LogP contribution in [0.2, 0.25) is 0 Å². The fourth-order valence-electron chi connectivity index (χ4n) is 5.97. The average molecular weight is 499 g/mol. The third-order valence-electron chi connectivity index (χ3n) is 7.78. The number of nitrogens with zero attached hydrogens (tertiary/aromatic N) is 5. The molecule has 4 aromatic rings. The Kier molecular flexibility index (Phi) is 7.79. The second kappa shape index (κ2) is 11.4. The van der Waals surface area contributed by atoms with Crippen LogP contribution in [0.3, 0.4) is 0 Å². The molecule has 2 aromatic heterocycles. The van der Waals surface area contributed by atoms with Crippen molar-refractivity contribution in [1.82, 2.24) is 30.1 Å². The minimum atomic E-state index is -0.00237. The van der Waals surface area contributed by atoms with Crippen molar-refractivity contribution in [3.8, 4) is 0 Å². The van der Waals surface area contributed by atoms with Crippen molar-refractivity contribution in [3.63, 3.8) is 0 Å². The van der Waals surface area contributed by atoms with Crippen molar-refractivity contribution in [3.05, 3.63) is 87.0 Å². The fraction of sp³-hybridized carbons (Fsp3) is 0.467. The molecule has 2 aromatic carbocycles. The van der Waals surface area contributed by atoms with E-state index in [0.717, 1.165) is 53.5 Å². The number of aromatic nitrogens is 5. The van der Waals surface area contributed by atoms with E-state index in [1.165, 1.54) is 30.4 Å². The van der Waals surface area contributed by atoms with Crippen LogP contribution < -0.4 is 5.56 Å². The summed E-state index contributed by atoms with van der Waals surface area (Å²) >= 11 is 0. The van der Waals surface area contributed by atoms with Crippen LogP contribution in [0.5, 0.6) is 0 Å². The zero-order valence-electron chi connectivity index (χ0n) is 22.3. The molecule has 1 aliphatic carbocycles. The van der Waals surface area contributed by atoms with Crippen molar-refractivity contribution in [2.45, 2.75) is 90.9 Å². The number of rotatable bonds is 9. The van der Waals surface area contributed by atoms with Crippen LogP contribution in [0.25, 0.3) is 10.9 Å². The van der Waals surface area contributed by atoms with Crippen LogP contribution in [0.15, 0.2) is 53.3 Å². The van der Waals surface area contributed by atoms with Crippen LogP contribution in [-0.2, 0) is 13.1 Å². The van der Waals surface area contributed by atoms with Crippen LogP contribution in [0.4, 0.5) is 0 Å². The summed E-state index contributed by atoms with van der Waals surface area (Å²) in [4.78, 5) is 19.0. The van der Waals surface area contributed by atoms with Gasteiger partial charge in [-0.05, 0) is 72.4 Å². The van der Waals surface area contributed by atoms with Crippen molar-refractivity contribution >= 4 is 10.9 Å². The van der Waals surface area contributed by atoms with Gasteiger partial charge in [0.15, 0.2) is 5.82 Å². The van der Waals surface area contributed by atoms with E-state index in [0.29, 0.717) is 19.1 Å². The normalized spacial score (nSPS) is 15.5. The minimum Gasteiger partial charge on any atom is -0.322 e. The maximum atomic E-state index is 13.3. The second-order valence-corrected chi connectivity index (χ2v) is 10.6. The largest absolute Gasteiger partial charge is 0.322 e. The van der Waals surface area contributed by atoms with Gasteiger partial charge >= 0.3 is 0 Å². The Labute approximate surface area is 218 Å². The highest BCUT2D eigenvalue weighted by Gasteiger charge is 2.32. The standard InChI is InChI=1S/C30H38N6O/c1-4-11-28(29-32-33-34-36(29)19-23-12-7-5-8-13-23)35(25-14-9-6-10-15-25)20-24-18-26-22(3)16-21(2)17-27(26)31-30(24)37/h5,7-8,12-13,16-18,25,28H,4,6,9-11,14-15,19-20H2,1-3H3,(H,31,37). The molecular weight excluding hydrogens is 460 g/mol. The van der Waals surface area contributed by atoms with E-state index < -0.39 is 0 Å². The summed E-state index contributed by atoms with van der Waals surface area (Å²) in [5.41, 5.74) is 5.24. The minimum absolute atomic E-state index is 0.00237. The van der Waals surface area contributed by atoms with Crippen LogP contribution in [0, 0.1) is 13.8 Å². The average Bonchev–Trinajstić information content (AvgIpc) is 3.35. The molecule has 1 N–H and O–H groups in total. The van der Waals surface area contributed by atoms with Crippen LogP contribution in [-0.4, -0.2) is 36.1 Å². The summed E-state index contributed by atoms with van der Waals surface area (Å²) in [7, 11) is 0. The molecular formula is C30H38N6O. The number of nitrogens with one attached hydrogen (secondary N) is 1. The molecule has 0 aliphatic heterocycles. The highest BCUT2D eigenvalue weighted by Crippen LogP contribution is 2.34. The molecule has 1 aliphatic rings. The SMILES string of the molecule is CCCC(c1nnnn1Cc1ccccc1)N(Cc1cc2c(C)cc(C)cc2[nH]c1=O)C1CCCCC1. The van der Waals surface area contributed by atoms with E-state index in [-0.39, 0.29) is 11.6 Å². The quantitative estimate of drug-likeness (QED) is 0.313. The van der Waals surface area contributed by atoms with E-state index in [4.69, 9.17) is 0 Å². The van der Waals surface area contributed by atoms with Gasteiger partial charge in [0.05, 0.1) is 12.6 Å². The summed E-state index contributed by atoms with van der Waals surface area (Å²) < 4.78 is 1.95. The molecule has 1 atom stereocenters. The summed E-state index contributed by atoms with van der Waals surface area (Å²) in [5.74, 6) is 0.889. The molecule has 0 bridgehead atoms. The fourth-order valence-corrected chi connectivity index (χ4v) is 5.97. The van der Waals surface area contributed by atoms with Gasteiger partial charge in [0, 0.05) is 29.1 Å². The molecule has 0 spiro atoms. The lowest BCUT2D eigenvalue weighted by Crippen LogP contribution is -2.41. The Balaban J connectivity index is 1.54. The van der Waals surface area contributed by atoms with Crippen molar-refractivity contribution < 1.29 is 0 Å². The van der Waals surface area contributed by atoms with Gasteiger partial charge in [0.25, 0.3) is 5.56 Å². The molecule has 0 saturated heterocycles. The predicted octanol–water partition coefficient (Wildman–Crippen LogP) is 5.86. The van der Waals surface area contributed by atoms with Gasteiger partial charge in [-0.1, -0.05) is 69.0 Å². The van der Waals surface area contributed by atoms with Crippen molar-refractivity contribution in [2.75, 3.05) is 0 Å².